The number of H-pyrrole nitrogens is 1. The van der Waals surface area contributed by atoms with E-state index in [-0.39, 0.29) is 10.6 Å². The normalized spacial score (nSPS) is 11.2. The van der Waals surface area contributed by atoms with Gasteiger partial charge in [0.05, 0.1) is 4.90 Å². The van der Waals surface area contributed by atoms with E-state index in [1.807, 2.05) is 0 Å². The molecule has 1 aromatic carbocycles. The van der Waals surface area contributed by atoms with Crippen LogP contribution in [0.2, 0.25) is 0 Å². The van der Waals surface area contributed by atoms with Crippen molar-refractivity contribution in [2.24, 2.45) is 0 Å². The van der Waals surface area contributed by atoms with Gasteiger partial charge in [0, 0.05) is 24.2 Å². The highest BCUT2D eigenvalue weighted by Gasteiger charge is 2.16. The van der Waals surface area contributed by atoms with Gasteiger partial charge in [0.2, 0.25) is 0 Å². The van der Waals surface area contributed by atoms with Crippen LogP contribution in [0.15, 0.2) is 70.7 Å². The number of nitrogens with zero attached hydrogens (tertiary/aromatic N) is 1. The molecular weight excluding hydrogens is 326 g/mol. The quantitative estimate of drug-likeness (QED) is 0.763. The van der Waals surface area contributed by atoms with Crippen LogP contribution in [0.4, 0.5) is 5.69 Å². The van der Waals surface area contributed by atoms with Crippen molar-refractivity contribution < 1.29 is 8.42 Å². The Morgan fingerprint density at radius 2 is 1.79 bits per heavy atom. The van der Waals surface area contributed by atoms with Gasteiger partial charge in [-0.3, -0.25) is 14.5 Å². The Kier molecular flexibility index (Phi) is 4.18. The summed E-state index contributed by atoms with van der Waals surface area (Å²) in [7, 11) is -3.84. The summed E-state index contributed by atoms with van der Waals surface area (Å²) in [6, 6.07) is 11.5. The van der Waals surface area contributed by atoms with E-state index in [1.54, 1.807) is 49.6 Å². The van der Waals surface area contributed by atoms with Crippen LogP contribution in [-0.2, 0) is 10.0 Å². The minimum atomic E-state index is -3.84. The van der Waals surface area contributed by atoms with Crippen molar-refractivity contribution in [1.82, 2.24) is 9.97 Å². The van der Waals surface area contributed by atoms with Crippen molar-refractivity contribution in [3.05, 3.63) is 77.0 Å². The van der Waals surface area contributed by atoms with E-state index in [9.17, 15) is 13.2 Å². The second-order valence-corrected chi connectivity index (χ2v) is 6.97. The Bertz CT molecular complexity index is 1030. The molecule has 6 nitrogen and oxygen atoms in total. The number of sulfonamides is 1. The first-order valence-corrected chi connectivity index (χ1v) is 8.67. The van der Waals surface area contributed by atoms with Crippen molar-refractivity contribution in [2.45, 2.75) is 11.8 Å². The molecule has 0 spiro atoms. The van der Waals surface area contributed by atoms with Crippen LogP contribution in [-0.4, -0.2) is 18.4 Å². The first-order valence-electron chi connectivity index (χ1n) is 7.18. The van der Waals surface area contributed by atoms with Gasteiger partial charge in [0.15, 0.2) is 0 Å². The largest absolute Gasteiger partial charge is 0.327 e. The number of benzene rings is 1. The summed E-state index contributed by atoms with van der Waals surface area (Å²) in [5.74, 6) is 0. The van der Waals surface area contributed by atoms with Gasteiger partial charge < -0.3 is 4.98 Å². The molecule has 0 aliphatic heterocycles. The Balaban J connectivity index is 2.00. The molecule has 0 atom stereocenters. The summed E-state index contributed by atoms with van der Waals surface area (Å²) in [4.78, 5) is 18.6. The number of nitrogens with one attached hydrogen (secondary N) is 2. The predicted octanol–water partition coefficient (Wildman–Crippen LogP) is 2.55. The molecule has 0 bridgehead atoms. The van der Waals surface area contributed by atoms with Crippen molar-refractivity contribution in [2.75, 3.05) is 4.72 Å². The molecule has 0 saturated heterocycles. The second-order valence-electron chi connectivity index (χ2n) is 5.29. The number of rotatable bonds is 4. The molecule has 0 amide bonds. The molecule has 24 heavy (non-hydrogen) atoms. The van der Waals surface area contributed by atoms with Gasteiger partial charge in [-0.2, -0.15) is 0 Å². The average Bonchev–Trinajstić information content (AvgIpc) is 2.57. The standard InChI is InChI=1S/C17H15N3O3S/c1-12-3-2-4-15(9-12)24(22,23)20-16-10-14(11-19-17(16)21)13-5-7-18-8-6-13/h2-11,20H,1H3,(H,19,21). The van der Waals surface area contributed by atoms with E-state index in [1.165, 1.54) is 18.3 Å². The summed E-state index contributed by atoms with van der Waals surface area (Å²) in [5, 5.41) is 0. The lowest BCUT2D eigenvalue weighted by atomic mass is 10.1. The molecule has 3 aromatic rings. The van der Waals surface area contributed by atoms with Crippen LogP contribution in [0.5, 0.6) is 0 Å². The van der Waals surface area contributed by atoms with Crippen molar-refractivity contribution in [3.63, 3.8) is 0 Å². The van der Waals surface area contributed by atoms with Crippen LogP contribution in [0.1, 0.15) is 5.56 Å². The number of aryl methyl sites for hydroxylation is 1. The van der Waals surface area contributed by atoms with Gasteiger partial charge >= 0.3 is 0 Å². The zero-order valence-corrected chi connectivity index (χ0v) is 13.7. The van der Waals surface area contributed by atoms with Gasteiger partial charge in [0.1, 0.15) is 5.69 Å². The van der Waals surface area contributed by atoms with Gasteiger partial charge in [0.25, 0.3) is 15.6 Å². The molecule has 0 fully saturated rings. The van der Waals surface area contributed by atoms with E-state index in [2.05, 4.69) is 14.7 Å². The summed E-state index contributed by atoms with van der Waals surface area (Å²) >= 11 is 0. The van der Waals surface area contributed by atoms with Crippen LogP contribution < -0.4 is 10.3 Å². The van der Waals surface area contributed by atoms with Gasteiger partial charge in [-0.15, -0.1) is 0 Å². The fraction of sp³-hybridized carbons (Fsp3) is 0.0588. The van der Waals surface area contributed by atoms with E-state index < -0.39 is 15.6 Å². The Labute approximate surface area is 139 Å². The highest BCUT2D eigenvalue weighted by atomic mass is 32.2. The van der Waals surface area contributed by atoms with Crippen LogP contribution in [0, 0.1) is 6.92 Å². The molecule has 0 saturated carbocycles. The summed E-state index contributed by atoms with van der Waals surface area (Å²) < 4.78 is 27.3. The van der Waals surface area contributed by atoms with Gasteiger partial charge in [-0.25, -0.2) is 8.42 Å². The summed E-state index contributed by atoms with van der Waals surface area (Å²) in [5.41, 5.74) is 1.77. The number of hydrogen-bond donors (Lipinski definition) is 2. The maximum Gasteiger partial charge on any atom is 0.272 e. The topological polar surface area (TPSA) is 91.9 Å². The Hall–Kier alpha value is -2.93. The summed E-state index contributed by atoms with van der Waals surface area (Å²) in [6.07, 6.45) is 4.77. The lowest BCUT2D eigenvalue weighted by Gasteiger charge is -2.09. The third-order valence-electron chi connectivity index (χ3n) is 3.46. The fourth-order valence-electron chi connectivity index (χ4n) is 2.26. The lowest BCUT2D eigenvalue weighted by molar-refractivity contribution is 0.601. The summed E-state index contributed by atoms with van der Waals surface area (Å²) in [6.45, 7) is 1.80. The number of hydrogen-bond acceptors (Lipinski definition) is 4. The first kappa shape index (κ1) is 15.9. The maximum absolute atomic E-state index is 12.5. The SMILES string of the molecule is Cc1cccc(S(=O)(=O)Nc2cc(-c3ccncc3)c[nH]c2=O)c1. The molecule has 2 heterocycles. The second kappa shape index (κ2) is 6.29. The molecular formula is C17H15N3O3S. The zero-order chi connectivity index (χ0) is 17.2. The monoisotopic (exact) mass is 341 g/mol. The number of anilines is 1. The molecule has 122 valence electrons. The highest BCUT2D eigenvalue weighted by Crippen LogP contribution is 2.20. The number of aromatic amines is 1. The smallest absolute Gasteiger partial charge is 0.272 e. The molecule has 2 aromatic heterocycles. The van der Waals surface area contributed by atoms with E-state index in [0.29, 0.717) is 5.56 Å². The lowest BCUT2D eigenvalue weighted by Crippen LogP contribution is -2.20. The molecule has 0 unspecified atom stereocenters. The van der Waals surface area contributed by atoms with E-state index in [4.69, 9.17) is 0 Å². The minimum Gasteiger partial charge on any atom is -0.327 e. The number of aromatic nitrogens is 2. The minimum absolute atomic E-state index is 0.0363. The zero-order valence-electron chi connectivity index (χ0n) is 12.9. The Morgan fingerprint density at radius 3 is 2.50 bits per heavy atom. The predicted molar refractivity (Wildman–Crippen MR) is 92.3 cm³/mol. The molecule has 3 rings (SSSR count). The molecule has 0 aliphatic carbocycles. The molecule has 7 heteroatoms. The maximum atomic E-state index is 12.5. The third-order valence-corrected chi connectivity index (χ3v) is 4.82. The Morgan fingerprint density at radius 1 is 1.04 bits per heavy atom. The van der Waals surface area contributed by atoms with Crippen LogP contribution >= 0.6 is 0 Å². The van der Waals surface area contributed by atoms with Crippen molar-refractivity contribution in [3.8, 4) is 11.1 Å². The van der Waals surface area contributed by atoms with Crippen molar-refractivity contribution in [1.29, 1.82) is 0 Å². The first-order chi connectivity index (χ1) is 11.5. The van der Waals surface area contributed by atoms with Crippen LogP contribution in [0.3, 0.4) is 0 Å². The average molecular weight is 341 g/mol. The van der Waals surface area contributed by atoms with Crippen molar-refractivity contribution >= 4 is 15.7 Å². The number of pyridine rings is 2. The van der Waals surface area contributed by atoms with E-state index in [0.717, 1.165) is 11.1 Å². The van der Waals surface area contributed by atoms with Gasteiger partial charge in [-0.05, 0) is 48.4 Å². The van der Waals surface area contributed by atoms with Gasteiger partial charge in [-0.1, -0.05) is 12.1 Å². The van der Waals surface area contributed by atoms with Crippen LogP contribution in [0.25, 0.3) is 11.1 Å². The fourth-order valence-corrected chi connectivity index (χ4v) is 3.41. The van der Waals surface area contributed by atoms with E-state index >= 15 is 0 Å². The molecule has 2 N–H and O–H groups in total. The molecule has 0 radical (unpaired) electrons. The third kappa shape index (κ3) is 3.36. The molecule has 0 aliphatic rings. The highest BCUT2D eigenvalue weighted by molar-refractivity contribution is 7.92.